The maximum atomic E-state index is 4.15. The van der Waals surface area contributed by atoms with Crippen molar-refractivity contribution in [3.63, 3.8) is 0 Å². The molecular formula is C13H17N3. The molecule has 0 bridgehead atoms. The monoisotopic (exact) mass is 215 g/mol. The predicted molar refractivity (Wildman–Crippen MR) is 65.5 cm³/mol. The van der Waals surface area contributed by atoms with E-state index in [0.717, 1.165) is 6.04 Å². The Morgan fingerprint density at radius 2 is 2.12 bits per heavy atom. The molecule has 2 heterocycles. The molecule has 0 unspecified atom stereocenters. The van der Waals surface area contributed by atoms with Gasteiger partial charge in [0.2, 0.25) is 0 Å². The summed E-state index contributed by atoms with van der Waals surface area (Å²) in [5, 5.41) is 1.25. The van der Waals surface area contributed by atoms with Crippen molar-refractivity contribution >= 4 is 10.9 Å². The molecule has 0 N–H and O–H groups in total. The fraction of sp³-hybridized carbons (Fsp3) is 0.462. The van der Waals surface area contributed by atoms with Crippen LogP contribution in [-0.2, 0) is 0 Å². The van der Waals surface area contributed by atoms with Crippen LogP contribution in [-0.4, -0.2) is 34.6 Å². The fourth-order valence-electron chi connectivity index (χ4n) is 2.53. The zero-order valence-electron chi connectivity index (χ0n) is 9.80. The molecule has 0 spiro atoms. The molecule has 3 nitrogen and oxygen atoms in total. The molecule has 3 heteroatoms. The highest BCUT2D eigenvalue weighted by Gasteiger charge is 2.31. The van der Waals surface area contributed by atoms with Gasteiger partial charge in [0.15, 0.2) is 0 Å². The Morgan fingerprint density at radius 3 is 2.88 bits per heavy atom. The fourth-order valence-corrected chi connectivity index (χ4v) is 2.53. The zero-order valence-corrected chi connectivity index (χ0v) is 9.80. The number of pyridine rings is 1. The van der Waals surface area contributed by atoms with E-state index in [1.807, 2.05) is 12.4 Å². The molecule has 1 aliphatic rings. The van der Waals surface area contributed by atoms with Crippen molar-refractivity contribution in [1.29, 1.82) is 0 Å². The summed E-state index contributed by atoms with van der Waals surface area (Å²) < 4.78 is 2.40. The highest BCUT2D eigenvalue weighted by molar-refractivity contribution is 5.79. The summed E-state index contributed by atoms with van der Waals surface area (Å²) in [5.41, 5.74) is 1.32. The smallest absolute Gasteiger partial charge is 0.0513 e. The molecule has 0 aromatic carbocycles. The van der Waals surface area contributed by atoms with Gasteiger partial charge >= 0.3 is 0 Å². The molecule has 16 heavy (non-hydrogen) atoms. The first-order valence-electron chi connectivity index (χ1n) is 5.82. The van der Waals surface area contributed by atoms with E-state index >= 15 is 0 Å². The first kappa shape index (κ1) is 9.85. The molecule has 0 amide bonds. The lowest BCUT2D eigenvalue weighted by Gasteiger charge is -2.40. The van der Waals surface area contributed by atoms with Gasteiger partial charge in [-0.15, -0.1) is 0 Å². The van der Waals surface area contributed by atoms with Gasteiger partial charge in [-0.25, -0.2) is 0 Å². The number of hydrogen-bond donors (Lipinski definition) is 0. The lowest BCUT2D eigenvalue weighted by atomic mass is 9.85. The van der Waals surface area contributed by atoms with E-state index in [0.29, 0.717) is 6.04 Å². The van der Waals surface area contributed by atoms with Gasteiger partial charge in [0, 0.05) is 36.1 Å². The van der Waals surface area contributed by atoms with Gasteiger partial charge in [0.05, 0.1) is 5.52 Å². The Morgan fingerprint density at radius 1 is 1.31 bits per heavy atom. The van der Waals surface area contributed by atoms with Gasteiger partial charge in [0.1, 0.15) is 0 Å². The summed E-state index contributed by atoms with van der Waals surface area (Å²) in [7, 11) is 4.33. The molecule has 1 aliphatic carbocycles. The van der Waals surface area contributed by atoms with Gasteiger partial charge in [-0.1, -0.05) is 0 Å². The second-order valence-corrected chi connectivity index (χ2v) is 4.90. The maximum absolute atomic E-state index is 4.15. The van der Waals surface area contributed by atoms with Crippen LogP contribution in [0.3, 0.4) is 0 Å². The minimum absolute atomic E-state index is 0.673. The second-order valence-electron chi connectivity index (χ2n) is 4.90. The largest absolute Gasteiger partial charge is 0.344 e. The standard InChI is InChI=1S/C13H17N3/c1-15(2)11-7-12(8-11)16-6-4-10-9-14-5-3-13(10)16/h3-6,9,11-12H,7-8H2,1-2H3. The number of aromatic nitrogens is 2. The summed E-state index contributed by atoms with van der Waals surface area (Å²) in [5.74, 6) is 0. The Kier molecular flexibility index (Phi) is 2.21. The van der Waals surface area contributed by atoms with Crippen molar-refractivity contribution < 1.29 is 0 Å². The number of rotatable bonds is 2. The predicted octanol–water partition coefficient (Wildman–Crippen LogP) is 2.30. The average molecular weight is 215 g/mol. The van der Waals surface area contributed by atoms with Crippen LogP contribution in [0.15, 0.2) is 30.7 Å². The van der Waals surface area contributed by atoms with E-state index in [2.05, 4.69) is 46.9 Å². The van der Waals surface area contributed by atoms with E-state index in [1.54, 1.807) is 0 Å². The van der Waals surface area contributed by atoms with Crippen LogP contribution in [0, 0.1) is 0 Å². The van der Waals surface area contributed by atoms with Crippen LogP contribution in [0.1, 0.15) is 18.9 Å². The van der Waals surface area contributed by atoms with Crippen LogP contribution < -0.4 is 0 Å². The van der Waals surface area contributed by atoms with Crippen LogP contribution in [0.2, 0.25) is 0 Å². The van der Waals surface area contributed by atoms with Crippen LogP contribution in [0.5, 0.6) is 0 Å². The van der Waals surface area contributed by atoms with E-state index in [1.165, 1.54) is 23.7 Å². The van der Waals surface area contributed by atoms with Crippen molar-refractivity contribution in [1.82, 2.24) is 14.5 Å². The van der Waals surface area contributed by atoms with E-state index in [-0.39, 0.29) is 0 Å². The Bertz CT molecular complexity index is 495. The minimum Gasteiger partial charge on any atom is -0.344 e. The third-order valence-electron chi connectivity index (χ3n) is 3.73. The molecule has 0 radical (unpaired) electrons. The summed E-state index contributed by atoms with van der Waals surface area (Å²) in [6, 6.07) is 5.69. The first-order valence-corrected chi connectivity index (χ1v) is 5.82. The topological polar surface area (TPSA) is 21.1 Å². The molecule has 0 saturated heterocycles. The maximum Gasteiger partial charge on any atom is 0.0513 e. The number of hydrogen-bond acceptors (Lipinski definition) is 2. The molecule has 1 fully saturated rings. The Balaban J connectivity index is 1.86. The average Bonchev–Trinajstić information content (AvgIpc) is 2.60. The minimum atomic E-state index is 0.673. The van der Waals surface area contributed by atoms with E-state index in [4.69, 9.17) is 0 Å². The quantitative estimate of drug-likeness (QED) is 0.766. The normalized spacial score (nSPS) is 24.9. The van der Waals surface area contributed by atoms with E-state index in [9.17, 15) is 0 Å². The van der Waals surface area contributed by atoms with Crippen molar-refractivity contribution in [3.8, 4) is 0 Å². The lowest BCUT2D eigenvalue weighted by Crippen LogP contribution is -2.41. The highest BCUT2D eigenvalue weighted by Crippen LogP contribution is 2.36. The molecule has 0 atom stereocenters. The number of nitrogens with zero attached hydrogens (tertiary/aromatic N) is 3. The first-order chi connectivity index (χ1) is 7.75. The van der Waals surface area contributed by atoms with Gasteiger partial charge in [0.25, 0.3) is 0 Å². The Hall–Kier alpha value is -1.35. The molecule has 2 aromatic heterocycles. The lowest BCUT2D eigenvalue weighted by molar-refractivity contribution is 0.132. The van der Waals surface area contributed by atoms with Crippen molar-refractivity contribution in [2.45, 2.75) is 24.9 Å². The molecule has 0 aliphatic heterocycles. The van der Waals surface area contributed by atoms with Gasteiger partial charge in [-0.05, 0) is 39.1 Å². The molecule has 84 valence electrons. The van der Waals surface area contributed by atoms with Crippen molar-refractivity contribution in [2.24, 2.45) is 0 Å². The zero-order chi connectivity index (χ0) is 11.1. The van der Waals surface area contributed by atoms with Crippen molar-refractivity contribution in [2.75, 3.05) is 14.1 Å². The third-order valence-corrected chi connectivity index (χ3v) is 3.73. The van der Waals surface area contributed by atoms with Gasteiger partial charge in [-0.2, -0.15) is 0 Å². The Labute approximate surface area is 95.7 Å². The van der Waals surface area contributed by atoms with Crippen LogP contribution >= 0.6 is 0 Å². The summed E-state index contributed by atoms with van der Waals surface area (Å²) in [6.45, 7) is 0. The van der Waals surface area contributed by atoms with Crippen molar-refractivity contribution in [3.05, 3.63) is 30.7 Å². The number of fused-ring (bicyclic) bond motifs is 1. The summed E-state index contributed by atoms with van der Waals surface area (Å²) in [4.78, 5) is 6.47. The third kappa shape index (κ3) is 1.43. The molecular weight excluding hydrogens is 198 g/mol. The summed E-state index contributed by atoms with van der Waals surface area (Å²) >= 11 is 0. The van der Waals surface area contributed by atoms with Gasteiger partial charge in [-0.3, -0.25) is 4.98 Å². The molecule has 1 saturated carbocycles. The van der Waals surface area contributed by atoms with Crippen LogP contribution in [0.25, 0.3) is 10.9 Å². The highest BCUT2D eigenvalue weighted by atomic mass is 15.1. The SMILES string of the molecule is CN(C)C1CC(n2ccc3cnccc32)C1. The molecule has 2 aromatic rings. The van der Waals surface area contributed by atoms with E-state index < -0.39 is 0 Å². The summed E-state index contributed by atoms with van der Waals surface area (Å²) in [6.07, 6.45) is 8.54. The molecule has 3 rings (SSSR count). The second kappa shape index (κ2) is 3.59. The van der Waals surface area contributed by atoms with Gasteiger partial charge < -0.3 is 9.47 Å². The van der Waals surface area contributed by atoms with Crippen LogP contribution in [0.4, 0.5) is 0 Å².